The van der Waals surface area contributed by atoms with Gasteiger partial charge < -0.3 is 13.7 Å². The van der Waals surface area contributed by atoms with Gasteiger partial charge in [0.1, 0.15) is 17.6 Å². The molecule has 24 heavy (non-hydrogen) atoms. The molecule has 0 unspecified atom stereocenters. The van der Waals surface area contributed by atoms with Crippen LogP contribution in [0.2, 0.25) is 0 Å². The van der Waals surface area contributed by atoms with Gasteiger partial charge in [-0.1, -0.05) is 18.2 Å². The standard InChI is InChI=1S/C15H10O7S.K/c16-10-3-6-12-14(7-10)21-8-13(15(12)17)9-1-4-11(5-2-9)22-23(18,19)20;/h1-8,16H,(H,18,19,20);/q;+1/p-1. The second kappa shape index (κ2) is 7.36. The van der Waals surface area contributed by atoms with E-state index in [0.717, 1.165) is 0 Å². The van der Waals surface area contributed by atoms with Crippen molar-refractivity contribution in [2.45, 2.75) is 0 Å². The fourth-order valence-corrected chi connectivity index (χ4v) is 2.47. The van der Waals surface area contributed by atoms with Crippen molar-refractivity contribution in [2.24, 2.45) is 0 Å². The van der Waals surface area contributed by atoms with E-state index in [-0.39, 0.29) is 84.8 Å². The molecular weight excluding hydrogens is 363 g/mol. The normalized spacial score (nSPS) is 11.0. The van der Waals surface area contributed by atoms with Crippen molar-refractivity contribution >= 4 is 21.4 Å². The molecule has 0 amide bonds. The maximum absolute atomic E-state index is 12.4. The van der Waals surface area contributed by atoms with E-state index in [9.17, 15) is 18.3 Å². The van der Waals surface area contributed by atoms with Crippen LogP contribution in [0.4, 0.5) is 0 Å². The molecule has 1 aromatic heterocycles. The predicted octanol–water partition coefficient (Wildman–Crippen LogP) is -1.28. The zero-order valence-corrected chi connectivity index (χ0v) is 16.4. The van der Waals surface area contributed by atoms with Crippen LogP contribution < -0.4 is 66.1 Å². The molecule has 1 N–H and O–H groups in total. The van der Waals surface area contributed by atoms with Crippen LogP contribution in [0.15, 0.2) is 57.9 Å². The van der Waals surface area contributed by atoms with E-state index in [4.69, 9.17) is 8.97 Å². The molecule has 3 rings (SSSR count). The first kappa shape index (κ1) is 19.1. The summed E-state index contributed by atoms with van der Waals surface area (Å²) in [6, 6.07) is 9.35. The first-order chi connectivity index (χ1) is 10.8. The monoisotopic (exact) mass is 372 g/mol. The Morgan fingerprint density at radius 3 is 2.38 bits per heavy atom. The third-order valence-electron chi connectivity index (χ3n) is 3.11. The summed E-state index contributed by atoms with van der Waals surface area (Å²) in [5.41, 5.74) is 0.580. The fourth-order valence-electron chi connectivity index (χ4n) is 2.12. The molecule has 0 aliphatic carbocycles. The summed E-state index contributed by atoms with van der Waals surface area (Å²) >= 11 is 0. The maximum atomic E-state index is 12.4. The third kappa shape index (κ3) is 4.25. The van der Waals surface area contributed by atoms with Gasteiger partial charge in [0.25, 0.3) is 0 Å². The summed E-state index contributed by atoms with van der Waals surface area (Å²) < 4.78 is 39.5. The zero-order valence-electron chi connectivity index (χ0n) is 12.4. The summed E-state index contributed by atoms with van der Waals surface area (Å²) in [5, 5.41) is 11.5. The molecule has 0 atom stereocenters. The Kier molecular flexibility index (Phi) is 5.86. The molecule has 0 aliphatic heterocycles. The van der Waals surface area contributed by atoms with E-state index < -0.39 is 10.4 Å². The van der Waals surface area contributed by atoms with E-state index in [1.807, 2.05) is 0 Å². The Hall–Kier alpha value is -1.20. The quantitative estimate of drug-likeness (QED) is 0.449. The van der Waals surface area contributed by atoms with Crippen molar-refractivity contribution in [3.05, 3.63) is 59.0 Å². The Bertz CT molecular complexity index is 1040. The van der Waals surface area contributed by atoms with Gasteiger partial charge in [0, 0.05) is 0 Å². The molecule has 3 aromatic rings. The Labute approximate surface area is 179 Å². The molecule has 2 aromatic carbocycles. The van der Waals surface area contributed by atoms with Crippen molar-refractivity contribution in [1.82, 2.24) is 0 Å². The average Bonchev–Trinajstić information content (AvgIpc) is 2.47. The number of rotatable bonds is 3. The van der Waals surface area contributed by atoms with E-state index in [1.165, 1.54) is 48.7 Å². The van der Waals surface area contributed by atoms with E-state index in [0.29, 0.717) is 5.56 Å². The number of hydrogen-bond acceptors (Lipinski definition) is 6. The van der Waals surface area contributed by atoms with Crippen molar-refractivity contribution in [2.75, 3.05) is 0 Å². The van der Waals surface area contributed by atoms with E-state index in [1.54, 1.807) is 0 Å². The summed E-state index contributed by atoms with van der Waals surface area (Å²) in [4.78, 5) is 12.4. The van der Waals surface area contributed by atoms with Crippen LogP contribution in [0.5, 0.6) is 11.5 Å². The van der Waals surface area contributed by atoms with Crippen LogP contribution in [0.3, 0.4) is 0 Å². The second-order valence-electron chi connectivity index (χ2n) is 4.67. The molecule has 0 bridgehead atoms. The van der Waals surface area contributed by atoms with E-state index >= 15 is 0 Å². The van der Waals surface area contributed by atoms with Crippen LogP contribution in [-0.2, 0) is 10.4 Å². The number of benzene rings is 2. The molecule has 0 fully saturated rings. The number of fused-ring (bicyclic) bond motifs is 1. The van der Waals surface area contributed by atoms with Crippen LogP contribution in [0, 0.1) is 0 Å². The van der Waals surface area contributed by atoms with E-state index in [2.05, 4.69) is 4.18 Å². The molecule has 0 saturated carbocycles. The molecular formula is C15H9KO7S. The van der Waals surface area contributed by atoms with Gasteiger partial charge in [-0.2, -0.15) is 8.42 Å². The smallest absolute Gasteiger partial charge is 0.872 e. The van der Waals surface area contributed by atoms with Crippen LogP contribution >= 0.6 is 0 Å². The topological polar surface area (TPSA) is 117 Å². The Morgan fingerprint density at radius 1 is 1.08 bits per heavy atom. The minimum atomic E-state index is -4.61. The molecule has 0 radical (unpaired) electrons. The first-order valence-electron chi connectivity index (χ1n) is 6.33. The van der Waals surface area contributed by atoms with Gasteiger partial charge in [0.15, 0.2) is 5.43 Å². The van der Waals surface area contributed by atoms with Crippen LogP contribution in [0.1, 0.15) is 0 Å². The van der Waals surface area contributed by atoms with Gasteiger partial charge in [0.2, 0.25) is 0 Å². The van der Waals surface area contributed by atoms with Crippen molar-refractivity contribution in [3.63, 3.8) is 0 Å². The zero-order chi connectivity index (χ0) is 16.6. The fraction of sp³-hybridized carbons (Fsp3) is 0. The molecule has 1 heterocycles. The van der Waals surface area contributed by atoms with Gasteiger partial charge in [-0.25, -0.2) is 0 Å². The van der Waals surface area contributed by atoms with Crippen LogP contribution in [-0.4, -0.2) is 13.0 Å². The molecule has 0 spiro atoms. The van der Waals surface area contributed by atoms with Crippen molar-refractivity contribution < 1.29 is 78.1 Å². The molecule has 118 valence electrons. The SMILES string of the molecule is O=c1c(-c2ccc(OS(=O)(=O)O)cc2)coc2cc([O-])ccc12.[K+]. The van der Waals surface area contributed by atoms with Gasteiger partial charge in [0.05, 0.1) is 10.9 Å². The van der Waals surface area contributed by atoms with Crippen molar-refractivity contribution in [1.29, 1.82) is 0 Å². The minimum Gasteiger partial charge on any atom is -0.872 e. The molecule has 0 saturated heterocycles. The van der Waals surface area contributed by atoms with Gasteiger partial charge >= 0.3 is 61.8 Å². The average molecular weight is 372 g/mol. The Balaban J connectivity index is 0.00000208. The third-order valence-corrected chi connectivity index (χ3v) is 3.52. The number of hydrogen-bond donors (Lipinski definition) is 1. The van der Waals surface area contributed by atoms with Crippen molar-refractivity contribution in [3.8, 4) is 22.6 Å². The maximum Gasteiger partial charge on any atom is 1.00 e. The summed E-state index contributed by atoms with van der Waals surface area (Å²) in [7, 11) is -4.61. The van der Waals surface area contributed by atoms with Crippen LogP contribution in [0.25, 0.3) is 22.1 Å². The first-order valence-corrected chi connectivity index (χ1v) is 7.70. The largest absolute Gasteiger partial charge is 1.00 e. The summed E-state index contributed by atoms with van der Waals surface area (Å²) in [6.07, 6.45) is 1.22. The molecule has 0 aliphatic rings. The predicted molar refractivity (Wildman–Crippen MR) is 79.5 cm³/mol. The minimum absolute atomic E-state index is 0. The van der Waals surface area contributed by atoms with Gasteiger partial charge in [-0.05, 0) is 29.8 Å². The van der Waals surface area contributed by atoms with Gasteiger partial charge in [-0.3, -0.25) is 9.35 Å². The van der Waals surface area contributed by atoms with Gasteiger partial charge in [-0.15, -0.1) is 5.75 Å². The Morgan fingerprint density at radius 2 is 1.75 bits per heavy atom. The summed E-state index contributed by atoms with van der Waals surface area (Å²) in [6.45, 7) is 0. The second-order valence-corrected chi connectivity index (χ2v) is 5.69. The molecule has 9 heteroatoms. The summed E-state index contributed by atoms with van der Waals surface area (Å²) in [5.74, 6) is -0.363. The molecule has 7 nitrogen and oxygen atoms in total.